The Kier molecular flexibility index (Phi) is 2.91. The van der Waals surface area contributed by atoms with Gasteiger partial charge >= 0.3 is 0 Å². The molecule has 2 N–H and O–H groups in total. The number of hydrogen-bond acceptors (Lipinski definition) is 2. The monoisotopic (exact) mass is 198 g/mol. The first kappa shape index (κ1) is 11.5. The summed E-state index contributed by atoms with van der Waals surface area (Å²) in [4.78, 5) is 11.8. The Balaban J connectivity index is 2.57. The van der Waals surface area contributed by atoms with Crippen LogP contribution in [0, 0.1) is 10.8 Å². The van der Waals surface area contributed by atoms with Gasteiger partial charge in [0.25, 0.3) is 0 Å². The van der Waals surface area contributed by atoms with Crippen LogP contribution in [-0.4, -0.2) is 25.0 Å². The fourth-order valence-electron chi connectivity index (χ4n) is 1.56. The molecule has 3 heteroatoms. The van der Waals surface area contributed by atoms with Crippen molar-refractivity contribution in [3.63, 3.8) is 0 Å². The van der Waals surface area contributed by atoms with Crippen molar-refractivity contribution in [3.05, 3.63) is 0 Å². The predicted molar refractivity (Wildman–Crippen MR) is 58.0 cm³/mol. The second-order valence-corrected chi connectivity index (χ2v) is 5.90. The summed E-state index contributed by atoms with van der Waals surface area (Å²) in [7, 11) is 0. The topological polar surface area (TPSA) is 41.1 Å². The number of nitrogens with one attached hydrogen (secondary N) is 2. The molecule has 0 aromatic carbocycles. The van der Waals surface area contributed by atoms with E-state index in [0.29, 0.717) is 0 Å². The number of rotatable bonds is 1. The molecule has 1 aliphatic heterocycles. The van der Waals surface area contributed by atoms with Crippen LogP contribution < -0.4 is 10.6 Å². The first-order chi connectivity index (χ1) is 6.23. The van der Waals surface area contributed by atoms with E-state index in [1.165, 1.54) is 0 Å². The molecule has 0 aliphatic carbocycles. The molecule has 3 nitrogen and oxygen atoms in total. The third-order valence-corrected chi connectivity index (χ3v) is 2.86. The minimum Gasteiger partial charge on any atom is -0.351 e. The molecule has 1 heterocycles. The molecule has 0 aromatic heterocycles. The maximum Gasteiger partial charge on any atom is 0.225 e. The van der Waals surface area contributed by atoms with Crippen molar-refractivity contribution in [2.45, 2.75) is 40.7 Å². The van der Waals surface area contributed by atoms with E-state index in [1.54, 1.807) is 0 Å². The van der Waals surface area contributed by atoms with Crippen LogP contribution in [0.1, 0.15) is 34.6 Å². The van der Waals surface area contributed by atoms with Crippen molar-refractivity contribution >= 4 is 5.91 Å². The molecule has 1 atom stereocenters. The van der Waals surface area contributed by atoms with Gasteiger partial charge in [0.15, 0.2) is 0 Å². The molecule has 1 saturated heterocycles. The van der Waals surface area contributed by atoms with E-state index in [4.69, 9.17) is 0 Å². The van der Waals surface area contributed by atoms with Gasteiger partial charge in [-0.3, -0.25) is 4.79 Å². The summed E-state index contributed by atoms with van der Waals surface area (Å²) in [6.45, 7) is 12.0. The summed E-state index contributed by atoms with van der Waals surface area (Å²) in [6.07, 6.45) is 0. The van der Waals surface area contributed by atoms with E-state index in [0.717, 1.165) is 13.1 Å². The Bertz CT molecular complexity index is 228. The molecule has 0 saturated carbocycles. The zero-order valence-corrected chi connectivity index (χ0v) is 9.90. The third kappa shape index (κ3) is 2.47. The van der Waals surface area contributed by atoms with E-state index in [1.807, 2.05) is 20.8 Å². The third-order valence-electron chi connectivity index (χ3n) is 2.86. The summed E-state index contributed by atoms with van der Waals surface area (Å²) in [5.41, 5.74) is -0.125. The molecule has 82 valence electrons. The van der Waals surface area contributed by atoms with Crippen LogP contribution in [0.2, 0.25) is 0 Å². The second-order valence-electron chi connectivity index (χ2n) is 5.90. The van der Waals surface area contributed by atoms with Gasteiger partial charge in [0, 0.05) is 24.5 Å². The second kappa shape index (κ2) is 3.54. The van der Waals surface area contributed by atoms with E-state index in [9.17, 15) is 4.79 Å². The lowest BCUT2D eigenvalue weighted by Gasteiger charge is -2.29. The molecule has 0 spiro atoms. The quantitative estimate of drug-likeness (QED) is 0.663. The van der Waals surface area contributed by atoms with Crippen LogP contribution in [0.4, 0.5) is 0 Å². The van der Waals surface area contributed by atoms with Gasteiger partial charge in [0.1, 0.15) is 0 Å². The maximum absolute atomic E-state index is 11.8. The summed E-state index contributed by atoms with van der Waals surface area (Å²) >= 11 is 0. The van der Waals surface area contributed by atoms with Gasteiger partial charge in [-0.15, -0.1) is 0 Å². The highest BCUT2D eigenvalue weighted by molar-refractivity contribution is 5.81. The lowest BCUT2D eigenvalue weighted by molar-refractivity contribution is -0.129. The number of hydrogen-bond donors (Lipinski definition) is 2. The Morgan fingerprint density at radius 3 is 2.36 bits per heavy atom. The minimum atomic E-state index is -0.293. The van der Waals surface area contributed by atoms with Crippen molar-refractivity contribution < 1.29 is 4.79 Å². The molecule has 1 unspecified atom stereocenters. The van der Waals surface area contributed by atoms with E-state index in [2.05, 4.69) is 24.5 Å². The Morgan fingerprint density at radius 2 is 2.00 bits per heavy atom. The molecular formula is C11H22N2O. The average Bonchev–Trinajstić information content (AvgIpc) is 2.29. The average molecular weight is 198 g/mol. The predicted octanol–water partition coefficient (Wildman–Crippen LogP) is 1.15. The van der Waals surface area contributed by atoms with Crippen LogP contribution in [-0.2, 0) is 4.79 Å². The van der Waals surface area contributed by atoms with Gasteiger partial charge < -0.3 is 10.6 Å². The fourth-order valence-corrected chi connectivity index (χ4v) is 1.56. The highest BCUT2D eigenvalue weighted by Gasteiger charge is 2.37. The number of amides is 1. The molecule has 1 rings (SSSR count). The van der Waals surface area contributed by atoms with Gasteiger partial charge in [-0.25, -0.2) is 0 Å². The normalized spacial score (nSPS) is 26.2. The van der Waals surface area contributed by atoms with Gasteiger partial charge in [-0.05, 0) is 5.41 Å². The standard InChI is InChI=1S/C11H22N2O/c1-10(2,3)9(14)13-8-6-12-7-11(8,4)5/h8,12H,6-7H2,1-5H3,(H,13,14). The molecular weight excluding hydrogens is 176 g/mol. The van der Waals surface area contributed by atoms with E-state index in [-0.39, 0.29) is 22.8 Å². The first-order valence-electron chi connectivity index (χ1n) is 5.25. The maximum atomic E-state index is 11.8. The lowest BCUT2D eigenvalue weighted by Crippen LogP contribution is -2.48. The zero-order chi connectivity index (χ0) is 11.0. The largest absolute Gasteiger partial charge is 0.351 e. The van der Waals surface area contributed by atoms with Crippen molar-refractivity contribution in [1.29, 1.82) is 0 Å². The Labute approximate surface area is 86.6 Å². The van der Waals surface area contributed by atoms with Crippen molar-refractivity contribution in [1.82, 2.24) is 10.6 Å². The number of carbonyl (C=O) groups is 1. The van der Waals surface area contributed by atoms with Gasteiger partial charge in [0.05, 0.1) is 0 Å². The van der Waals surface area contributed by atoms with Crippen molar-refractivity contribution in [2.75, 3.05) is 13.1 Å². The molecule has 14 heavy (non-hydrogen) atoms. The van der Waals surface area contributed by atoms with E-state index >= 15 is 0 Å². The summed E-state index contributed by atoms with van der Waals surface area (Å²) in [5.74, 6) is 0.138. The van der Waals surface area contributed by atoms with Crippen LogP contribution >= 0.6 is 0 Å². The minimum absolute atomic E-state index is 0.138. The zero-order valence-electron chi connectivity index (χ0n) is 9.90. The summed E-state index contributed by atoms with van der Waals surface area (Å²) in [6, 6.07) is 0.259. The highest BCUT2D eigenvalue weighted by Crippen LogP contribution is 2.25. The van der Waals surface area contributed by atoms with Crippen molar-refractivity contribution in [3.8, 4) is 0 Å². The van der Waals surface area contributed by atoms with Gasteiger partial charge in [0.2, 0.25) is 5.91 Å². The van der Waals surface area contributed by atoms with Crippen LogP contribution in [0.3, 0.4) is 0 Å². The molecule has 1 aliphatic rings. The fraction of sp³-hybridized carbons (Fsp3) is 0.909. The van der Waals surface area contributed by atoms with Crippen LogP contribution in [0.15, 0.2) is 0 Å². The summed E-state index contributed by atoms with van der Waals surface area (Å²) < 4.78 is 0. The Hall–Kier alpha value is -0.570. The van der Waals surface area contributed by atoms with Crippen LogP contribution in [0.25, 0.3) is 0 Å². The molecule has 1 amide bonds. The molecule has 1 fully saturated rings. The SMILES string of the molecule is CC(C)(C)C(=O)NC1CNCC1(C)C. The van der Waals surface area contributed by atoms with Crippen LogP contribution in [0.5, 0.6) is 0 Å². The number of carbonyl (C=O) groups excluding carboxylic acids is 1. The smallest absolute Gasteiger partial charge is 0.225 e. The van der Waals surface area contributed by atoms with E-state index < -0.39 is 0 Å². The first-order valence-corrected chi connectivity index (χ1v) is 5.25. The molecule has 0 radical (unpaired) electrons. The Morgan fingerprint density at radius 1 is 1.43 bits per heavy atom. The molecule has 0 bridgehead atoms. The highest BCUT2D eigenvalue weighted by atomic mass is 16.2. The van der Waals surface area contributed by atoms with Gasteiger partial charge in [-0.2, -0.15) is 0 Å². The van der Waals surface area contributed by atoms with Gasteiger partial charge in [-0.1, -0.05) is 34.6 Å². The van der Waals surface area contributed by atoms with Crippen molar-refractivity contribution in [2.24, 2.45) is 10.8 Å². The lowest BCUT2D eigenvalue weighted by atomic mass is 9.86. The molecule has 0 aromatic rings. The summed E-state index contributed by atoms with van der Waals surface area (Å²) in [5, 5.41) is 6.41.